The lowest BCUT2D eigenvalue weighted by molar-refractivity contribution is 0.0488. The minimum atomic E-state index is -2.07. The molecule has 176 valence electrons. The summed E-state index contributed by atoms with van der Waals surface area (Å²) in [7, 11) is 0. The van der Waals surface area contributed by atoms with E-state index in [1.165, 1.54) is 0 Å². The predicted molar refractivity (Wildman–Crippen MR) is 108 cm³/mol. The molecule has 0 aliphatic heterocycles. The van der Waals surface area contributed by atoms with E-state index in [9.17, 15) is 50.1 Å². The molecule has 0 saturated carbocycles. The molecular weight excluding hydrogens is 460 g/mol. The van der Waals surface area contributed by atoms with Crippen LogP contribution < -0.4 is 26.8 Å². The van der Waals surface area contributed by atoms with E-state index < -0.39 is 92.7 Å². The van der Waals surface area contributed by atoms with Crippen molar-refractivity contribution >= 4 is 28.3 Å². The van der Waals surface area contributed by atoms with Crippen molar-refractivity contribution in [2.24, 2.45) is 0 Å². The summed E-state index contributed by atoms with van der Waals surface area (Å²) in [4.78, 5) is 36.7. The van der Waals surface area contributed by atoms with Crippen molar-refractivity contribution in [3.05, 3.63) is 60.5 Å². The molecule has 0 radical (unpaired) electrons. The number of aliphatic hydroxyl groups excluding tert-OH is 4. The Labute approximate surface area is 185 Å². The number of rotatable bonds is 3. The number of phenols is 2. The third kappa shape index (κ3) is 2.77. The SMILES string of the molecule is O=C(O)c1cc(O)c(O)c(OC2c3c(=O)oc4c5c(c(=O)oc(c35)=C(O)C2O)CC(O)C=4O)c1. The number of benzene rings is 1. The fourth-order valence-electron chi connectivity index (χ4n) is 4.13. The van der Waals surface area contributed by atoms with Gasteiger partial charge in [0, 0.05) is 17.2 Å². The van der Waals surface area contributed by atoms with Gasteiger partial charge < -0.3 is 49.3 Å². The van der Waals surface area contributed by atoms with E-state index in [-0.39, 0.29) is 16.3 Å². The summed E-state index contributed by atoms with van der Waals surface area (Å²) >= 11 is 0. The molecular formula is C21H14O13. The number of aromatic carboxylic acids is 1. The van der Waals surface area contributed by atoms with Crippen molar-refractivity contribution in [2.75, 3.05) is 0 Å². The second kappa shape index (κ2) is 7.00. The molecule has 13 nitrogen and oxygen atoms in total. The number of carboxylic acid groups (broad SMARTS) is 1. The Bertz CT molecular complexity index is 1660. The van der Waals surface area contributed by atoms with E-state index in [2.05, 4.69) is 0 Å². The molecule has 13 heteroatoms. The first-order chi connectivity index (χ1) is 16.0. The number of hydrogen-bond acceptors (Lipinski definition) is 12. The zero-order valence-corrected chi connectivity index (χ0v) is 16.7. The summed E-state index contributed by atoms with van der Waals surface area (Å²) in [6.07, 6.45) is -5.90. The first-order valence-electron chi connectivity index (χ1n) is 9.62. The van der Waals surface area contributed by atoms with E-state index in [1.807, 2.05) is 0 Å². The lowest BCUT2D eigenvalue weighted by Gasteiger charge is -2.28. The molecule has 7 N–H and O–H groups in total. The molecule has 3 aromatic rings. The molecule has 2 aliphatic carbocycles. The van der Waals surface area contributed by atoms with Crippen LogP contribution in [-0.2, 0) is 6.42 Å². The molecule has 0 spiro atoms. The van der Waals surface area contributed by atoms with Crippen LogP contribution in [0.25, 0.3) is 22.3 Å². The molecule has 1 aromatic carbocycles. The molecule has 3 atom stereocenters. The van der Waals surface area contributed by atoms with Gasteiger partial charge in [-0.3, -0.25) is 0 Å². The van der Waals surface area contributed by atoms with Crippen LogP contribution in [0.3, 0.4) is 0 Å². The average Bonchev–Trinajstić information content (AvgIpc) is 2.78. The van der Waals surface area contributed by atoms with Gasteiger partial charge in [0.25, 0.3) is 0 Å². The van der Waals surface area contributed by atoms with Crippen molar-refractivity contribution < 1.29 is 54.1 Å². The second-order valence-corrected chi connectivity index (χ2v) is 7.70. The quantitative estimate of drug-likeness (QED) is 0.217. The molecule has 2 heterocycles. The Morgan fingerprint density at radius 1 is 0.941 bits per heavy atom. The predicted octanol–water partition coefficient (Wildman–Crippen LogP) is -1.40. The van der Waals surface area contributed by atoms with Gasteiger partial charge in [-0.1, -0.05) is 0 Å². The Hall–Kier alpha value is -4.49. The van der Waals surface area contributed by atoms with E-state index in [4.69, 9.17) is 13.6 Å². The van der Waals surface area contributed by atoms with Crippen molar-refractivity contribution in [3.63, 3.8) is 0 Å². The molecule has 0 bridgehead atoms. The highest BCUT2D eigenvalue weighted by atomic mass is 16.5. The van der Waals surface area contributed by atoms with Crippen LogP contribution >= 0.6 is 0 Å². The maximum Gasteiger partial charge on any atom is 0.344 e. The minimum absolute atomic E-state index is 0.165. The zero-order chi connectivity index (χ0) is 24.6. The van der Waals surface area contributed by atoms with Crippen molar-refractivity contribution in [1.29, 1.82) is 0 Å². The monoisotopic (exact) mass is 474 g/mol. The van der Waals surface area contributed by atoms with Crippen LogP contribution in [0.1, 0.15) is 27.6 Å². The van der Waals surface area contributed by atoms with Gasteiger partial charge in [0.1, 0.15) is 6.10 Å². The Kier molecular flexibility index (Phi) is 4.40. The summed E-state index contributed by atoms with van der Waals surface area (Å²) < 4.78 is 15.7. The van der Waals surface area contributed by atoms with Crippen LogP contribution in [0, 0.1) is 0 Å². The Morgan fingerprint density at radius 2 is 1.59 bits per heavy atom. The van der Waals surface area contributed by atoms with E-state index >= 15 is 0 Å². The van der Waals surface area contributed by atoms with Crippen LogP contribution in [0.4, 0.5) is 0 Å². The van der Waals surface area contributed by atoms with E-state index in [1.54, 1.807) is 0 Å². The van der Waals surface area contributed by atoms with Gasteiger partial charge in [0.2, 0.25) is 5.75 Å². The van der Waals surface area contributed by atoms with E-state index in [0.717, 1.165) is 12.1 Å². The van der Waals surface area contributed by atoms with E-state index in [0.29, 0.717) is 0 Å². The van der Waals surface area contributed by atoms with Gasteiger partial charge in [-0.05, 0) is 12.1 Å². The van der Waals surface area contributed by atoms with Crippen LogP contribution in [0.2, 0.25) is 0 Å². The maximum atomic E-state index is 12.9. The molecule has 5 rings (SSSR count). The van der Waals surface area contributed by atoms with Crippen molar-refractivity contribution in [2.45, 2.75) is 24.7 Å². The van der Waals surface area contributed by atoms with Gasteiger partial charge in [0.05, 0.1) is 16.7 Å². The Morgan fingerprint density at radius 3 is 2.26 bits per heavy atom. The topological polar surface area (TPSA) is 228 Å². The number of carboxylic acids is 1. The summed E-state index contributed by atoms with van der Waals surface area (Å²) in [5, 5.41) is 70.2. The second-order valence-electron chi connectivity index (χ2n) is 7.70. The number of carbonyl (C=O) groups is 1. The first-order valence-corrected chi connectivity index (χ1v) is 9.62. The molecule has 2 aromatic heterocycles. The van der Waals surface area contributed by atoms with Gasteiger partial charge in [-0.15, -0.1) is 0 Å². The van der Waals surface area contributed by atoms with Gasteiger partial charge >= 0.3 is 17.2 Å². The lowest BCUT2D eigenvalue weighted by Crippen LogP contribution is -2.42. The smallest absolute Gasteiger partial charge is 0.344 e. The van der Waals surface area contributed by atoms with Crippen LogP contribution in [0.5, 0.6) is 17.2 Å². The molecule has 0 fully saturated rings. The number of aromatic hydroxyl groups is 2. The number of ether oxygens (including phenoxy) is 1. The third-order valence-corrected chi connectivity index (χ3v) is 5.72. The fourth-order valence-corrected chi connectivity index (χ4v) is 4.13. The standard InChI is InChI=1S/C21H14O13/c22-6-1-4(19(28)29)2-8(12(6)24)32-18-11-10-9-5(20(30)33-17(10)14(26)15(18)27)3-7(23)13(25)16(9)34-21(11)31/h1-2,7,15,18,22-27H,3H2,(H,28,29). The van der Waals surface area contributed by atoms with Gasteiger partial charge in [-0.25, -0.2) is 14.4 Å². The Balaban J connectivity index is 1.85. The summed E-state index contributed by atoms with van der Waals surface area (Å²) in [6, 6.07) is 1.54. The number of aliphatic hydroxyl groups is 4. The summed E-state index contributed by atoms with van der Waals surface area (Å²) in [6.45, 7) is 0. The highest BCUT2D eigenvalue weighted by Gasteiger charge is 2.41. The maximum absolute atomic E-state index is 12.9. The number of phenolic OH excluding ortho intramolecular Hbond substituents is 2. The molecule has 34 heavy (non-hydrogen) atoms. The van der Waals surface area contributed by atoms with Crippen molar-refractivity contribution in [1.82, 2.24) is 0 Å². The average molecular weight is 474 g/mol. The highest BCUT2D eigenvalue weighted by Crippen LogP contribution is 2.41. The zero-order valence-electron chi connectivity index (χ0n) is 16.7. The third-order valence-electron chi connectivity index (χ3n) is 5.72. The molecule has 3 unspecified atom stereocenters. The summed E-state index contributed by atoms with van der Waals surface area (Å²) in [5.41, 5.74) is -4.57. The summed E-state index contributed by atoms with van der Waals surface area (Å²) in [5.74, 6) is -5.64. The van der Waals surface area contributed by atoms with Gasteiger partial charge in [-0.2, -0.15) is 0 Å². The highest BCUT2D eigenvalue weighted by molar-refractivity contribution is 5.92. The molecule has 2 aliphatic rings. The molecule has 0 amide bonds. The largest absolute Gasteiger partial charge is 0.506 e. The van der Waals surface area contributed by atoms with Crippen LogP contribution in [0.15, 0.2) is 30.6 Å². The van der Waals surface area contributed by atoms with Crippen molar-refractivity contribution in [3.8, 4) is 17.2 Å². The first kappa shape index (κ1) is 21.4. The normalized spacial score (nSPS) is 21.1. The lowest BCUT2D eigenvalue weighted by atomic mass is 9.89. The number of hydrogen-bond donors (Lipinski definition) is 7. The minimum Gasteiger partial charge on any atom is -0.506 e. The fraction of sp³-hybridized carbons (Fsp3) is 0.190. The van der Waals surface area contributed by atoms with Gasteiger partial charge in [0.15, 0.2) is 46.1 Å². The van der Waals surface area contributed by atoms with Crippen LogP contribution in [-0.4, -0.2) is 53.9 Å². The molecule has 0 saturated heterocycles.